The van der Waals surface area contributed by atoms with Gasteiger partial charge >= 0.3 is 0 Å². The van der Waals surface area contributed by atoms with Crippen molar-refractivity contribution in [1.29, 1.82) is 0 Å². The van der Waals surface area contributed by atoms with Gasteiger partial charge in [-0.3, -0.25) is 0 Å². The van der Waals surface area contributed by atoms with Crippen molar-refractivity contribution >= 4 is 26.9 Å². The van der Waals surface area contributed by atoms with Gasteiger partial charge in [0.2, 0.25) is 10.0 Å². The van der Waals surface area contributed by atoms with Crippen LogP contribution in [0.3, 0.4) is 0 Å². The number of aromatic nitrogens is 1. The average Bonchev–Trinajstić information content (AvgIpc) is 3.14. The number of rotatable bonds is 8. The van der Waals surface area contributed by atoms with Crippen molar-refractivity contribution in [3.05, 3.63) is 65.6 Å². The zero-order valence-corrected chi connectivity index (χ0v) is 17.8. The molecule has 0 fully saturated rings. The second-order valence-electron chi connectivity index (χ2n) is 6.73. The van der Waals surface area contributed by atoms with Gasteiger partial charge in [0, 0.05) is 30.2 Å². The standard InChI is InChI=1S/C21H26FN5O2S/c1-3-24-21(27-13-15-5-4-6-18(11-15)30(28,29)23-2)25-10-9-16-14-26-20-8-7-17(22)12-19(16)20/h4-8,11-12,14,23,26H,3,9-10,13H2,1-2H3,(H2,24,25,27). The summed E-state index contributed by atoms with van der Waals surface area (Å²) in [5, 5.41) is 7.32. The lowest BCUT2D eigenvalue weighted by molar-refractivity contribution is 0.588. The Morgan fingerprint density at radius 2 is 2.00 bits per heavy atom. The minimum absolute atomic E-state index is 0.210. The second kappa shape index (κ2) is 9.73. The van der Waals surface area contributed by atoms with E-state index in [9.17, 15) is 12.8 Å². The summed E-state index contributed by atoms with van der Waals surface area (Å²) in [6.07, 6.45) is 2.59. The molecule has 4 N–H and O–H groups in total. The number of aliphatic imine (C=N–C) groups is 1. The van der Waals surface area contributed by atoms with Gasteiger partial charge in [-0.2, -0.15) is 0 Å². The molecular formula is C21H26FN5O2S. The van der Waals surface area contributed by atoms with Crippen molar-refractivity contribution in [3.8, 4) is 0 Å². The molecule has 3 rings (SSSR count). The Kier molecular flexibility index (Phi) is 7.07. The van der Waals surface area contributed by atoms with Gasteiger partial charge in [0.05, 0.1) is 11.4 Å². The zero-order valence-electron chi connectivity index (χ0n) is 17.0. The molecule has 0 aliphatic heterocycles. The molecule has 0 unspecified atom stereocenters. The number of hydrogen-bond acceptors (Lipinski definition) is 3. The molecule has 3 aromatic rings. The van der Waals surface area contributed by atoms with E-state index in [1.54, 1.807) is 24.3 Å². The molecule has 30 heavy (non-hydrogen) atoms. The highest BCUT2D eigenvalue weighted by molar-refractivity contribution is 7.89. The number of sulfonamides is 1. The number of aromatic amines is 1. The van der Waals surface area contributed by atoms with Crippen molar-refractivity contribution in [1.82, 2.24) is 20.3 Å². The van der Waals surface area contributed by atoms with Crippen LogP contribution in [0, 0.1) is 5.82 Å². The molecule has 0 atom stereocenters. The van der Waals surface area contributed by atoms with E-state index in [0.717, 1.165) is 22.0 Å². The molecule has 160 valence electrons. The molecule has 0 aliphatic carbocycles. The lowest BCUT2D eigenvalue weighted by Gasteiger charge is -2.11. The number of fused-ring (bicyclic) bond motifs is 1. The molecule has 1 heterocycles. The van der Waals surface area contributed by atoms with Crippen LogP contribution in [0.4, 0.5) is 4.39 Å². The van der Waals surface area contributed by atoms with Crippen LogP contribution in [-0.4, -0.2) is 39.5 Å². The van der Waals surface area contributed by atoms with Crippen LogP contribution < -0.4 is 15.4 Å². The van der Waals surface area contributed by atoms with Crippen LogP contribution >= 0.6 is 0 Å². The predicted octanol–water partition coefficient (Wildman–Crippen LogP) is 2.51. The lowest BCUT2D eigenvalue weighted by Crippen LogP contribution is -2.38. The molecule has 1 aromatic heterocycles. The molecule has 0 radical (unpaired) electrons. The topological polar surface area (TPSA) is 98.4 Å². The van der Waals surface area contributed by atoms with E-state index in [1.165, 1.54) is 19.2 Å². The summed E-state index contributed by atoms with van der Waals surface area (Å²) in [6, 6.07) is 11.4. The summed E-state index contributed by atoms with van der Waals surface area (Å²) in [6.45, 7) is 3.61. The number of benzene rings is 2. The number of halogens is 1. The quantitative estimate of drug-likeness (QED) is 0.325. The van der Waals surface area contributed by atoms with Crippen LogP contribution in [0.5, 0.6) is 0 Å². The number of guanidine groups is 1. The molecular weight excluding hydrogens is 405 g/mol. The van der Waals surface area contributed by atoms with E-state index in [0.29, 0.717) is 32.0 Å². The monoisotopic (exact) mass is 431 g/mol. The van der Waals surface area contributed by atoms with Gasteiger partial charge in [-0.25, -0.2) is 22.5 Å². The van der Waals surface area contributed by atoms with Crippen molar-refractivity contribution in [2.24, 2.45) is 4.99 Å². The summed E-state index contributed by atoms with van der Waals surface area (Å²) >= 11 is 0. The first-order chi connectivity index (χ1) is 14.4. The van der Waals surface area contributed by atoms with Gasteiger partial charge in [-0.15, -0.1) is 0 Å². The fourth-order valence-corrected chi connectivity index (χ4v) is 3.91. The molecule has 7 nitrogen and oxygen atoms in total. The molecule has 0 spiro atoms. The highest BCUT2D eigenvalue weighted by Gasteiger charge is 2.11. The Bertz CT molecular complexity index is 1140. The molecule has 9 heteroatoms. The predicted molar refractivity (Wildman–Crippen MR) is 117 cm³/mol. The van der Waals surface area contributed by atoms with Crippen molar-refractivity contribution in [2.75, 3.05) is 20.1 Å². The normalized spacial score (nSPS) is 12.3. The van der Waals surface area contributed by atoms with Gasteiger partial charge in [0.15, 0.2) is 5.96 Å². The molecule has 2 aromatic carbocycles. The van der Waals surface area contributed by atoms with E-state index in [2.05, 4.69) is 25.3 Å². The van der Waals surface area contributed by atoms with E-state index < -0.39 is 10.0 Å². The maximum Gasteiger partial charge on any atom is 0.240 e. The van der Waals surface area contributed by atoms with E-state index in [4.69, 9.17) is 0 Å². The summed E-state index contributed by atoms with van der Waals surface area (Å²) in [7, 11) is -2.10. The Morgan fingerprint density at radius 1 is 1.17 bits per heavy atom. The van der Waals surface area contributed by atoms with E-state index in [1.807, 2.05) is 19.2 Å². The molecule has 0 saturated carbocycles. The smallest absolute Gasteiger partial charge is 0.240 e. The average molecular weight is 432 g/mol. The number of hydrogen-bond donors (Lipinski definition) is 4. The summed E-state index contributed by atoms with van der Waals surface area (Å²) < 4.78 is 39.8. The second-order valence-corrected chi connectivity index (χ2v) is 8.62. The van der Waals surface area contributed by atoms with Crippen molar-refractivity contribution < 1.29 is 12.8 Å². The van der Waals surface area contributed by atoms with E-state index >= 15 is 0 Å². The zero-order chi connectivity index (χ0) is 21.6. The minimum atomic E-state index is -3.49. The Labute approximate surface area is 175 Å². The van der Waals surface area contributed by atoms with Gasteiger partial charge in [-0.05, 0) is 61.9 Å². The van der Waals surface area contributed by atoms with Gasteiger partial charge in [0.1, 0.15) is 5.82 Å². The minimum Gasteiger partial charge on any atom is -0.361 e. The van der Waals surface area contributed by atoms with Gasteiger partial charge < -0.3 is 15.6 Å². The maximum absolute atomic E-state index is 13.5. The van der Waals surface area contributed by atoms with Crippen LogP contribution in [0.15, 0.2) is 58.5 Å². The number of H-pyrrole nitrogens is 1. The highest BCUT2D eigenvalue weighted by atomic mass is 32.2. The van der Waals surface area contributed by atoms with Gasteiger partial charge in [-0.1, -0.05) is 12.1 Å². The molecule has 0 bridgehead atoms. The molecule has 0 saturated heterocycles. The number of nitrogens with one attached hydrogen (secondary N) is 4. The third kappa shape index (κ3) is 5.37. The Morgan fingerprint density at radius 3 is 2.77 bits per heavy atom. The van der Waals surface area contributed by atoms with Crippen molar-refractivity contribution in [2.45, 2.75) is 24.8 Å². The van der Waals surface area contributed by atoms with Crippen LogP contribution in [0.2, 0.25) is 0 Å². The lowest BCUT2D eigenvalue weighted by atomic mass is 10.1. The maximum atomic E-state index is 13.5. The SMILES string of the molecule is CCNC(=NCc1cccc(S(=O)(=O)NC)c1)NCCc1c[nH]c2ccc(F)cc12. The molecule has 0 amide bonds. The van der Waals surface area contributed by atoms with Crippen LogP contribution in [0.1, 0.15) is 18.1 Å². The fraction of sp³-hybridized carbons (Fsp3) is 0.286. The van der Waals surface area contributed by atoms with Crippen molar-refractivity contribution in [3.63, 3.8) is 0 Å². The first-order valence-corrected chi connectivity index (χ1v) is 11.2. The fourth-order valence-electron chi connectivity index (χ4n) is 3.11. The highest BCUT2D eigenvalue weighted by Crippen LogP contribution is 2.19. The largest absolute Gasteiger partial charge is 0.361 e. The summed E-state index contributed by atoms with van der Waals surface area (Å²) in [5.74, 6) is 0.374. The Balaban J connectivity index is 1.65. The molecule has 0 aliphatic rings. The van der Waals surface area contributed by atoms with Crippen LogP contribution in [0.25, 0.3) is 10.9 Å². The van der Waals surface area contributed by atoms with Crippen LogP contribution in [-0.2, 0) is 23.0 Å². The first-order valence-electron chi connectivity index (χ1n) is 9.73. The Hall–Kier alpha value is -2.91. The van der Waals surface area contributed by atoms with E-state index in [-0.39, 0.29) is 10.7 Å². The third-order valence-electron chi connectivity index (χ3n) is 4.66. The first kappa shape index (κ1) is 21.8. The summed E-state index contributed by atoms with van der Waals surface area (Å²) in [4.78, 5) is 7.90. The summed E-state index contributed by atoms with van der Waals surface area (Å²) in [5.41, 5.74) is 2.72. The third-order valence-corrected chi connectivity index (χ3v) is 6.07. The van der Waals surface area contributed by atoms with Gasteiger partial charge in [0.25, 0.3) is 0 Å². The number of nitrogens with zero attached hydrogens (tertiary/aromatic N) is 1.